The van der Waals surface area contributed by atoms with E-state index in [0.717, 1.165) is 6.42 Å². The van der Waals surface area contributed by atoms with Crippen LogP contribution in [0.3, 0.4) is 0 Å². The van der Waals surface area contributed by atoms with Gasteiger partial charge < -0.3 is 0 Å². The van der Waals surface area contributed by atoms with Crippen LogP contribution in [0.5, 0.6) is 0 Å². The molecular weight excluding hydrogens is 204 g/mol. The summed E-state index contributed by atoms with van der Waals surface area (Å²) < 4.78 is 0. The van der Waals surface area contributed by atoms with Crippen molar-refractivity contribution in [2.45, 2.75) is 91.4 Å². The maximum Gasteiger partial charge on any atom is 0.0146 e. The second kappa shape index (κ2) is 13.6. The van der Waals surface area contributed by atoms with Crippen LogP contribution >= 0.6 is 0 Å². The highest BCUT2D eigenvalue weighted by Crippen LogP contribution is 2.10. The van der Waals surface area contributed by atoms with Gasteiger partial charge in [-0.3, -0.25) is 0 Å². The van der Waals surface area contributed by atoms with E-state index in [1.807, 2.05) is 0 Å². The van der Waals surface area contributed by atoms with E-state index in [-0.39, 0.29) is 0 Å². The molecule has 0 aliphatic rings. The number of unbranched alkanes of at least 4 members (excludes halogenated alkanes) is 10. The fourth-order valence-electron chi connectivity index (χ4n) is 1.98. The molecule has 0 N–H and O–H groups in total. The van der Waals surface area contributed by atoms with Gasteiger partial charge in [-0.25, -0.2) is 0 Å². The van der Waals surface area contributed by atoms with Crippen molar-refractivity contribution < 1.29 is 0 Å². The lowest BCUT2D eigenvalue weighted by molar-refractivity contribution is 0.558. The molecule has 0 aliphatic heterocycles. The summed E-state index contributed by atoms with van der Waals surface area (Å²) in [6, 6.07) is 0. The molecule has 0 amide bonds. The van der Waals surface area contributed by atoms with Crippen molar-refractivity contribution in [3.8, 4) is 11.8 Å². The highest BCUT2D eigenvalue weighted by molar-refractivity contribution is 5.00. The van der Waals surface area contributed by atoms with Crippen LogP contribution < -0.4 is 0 Å². The van der Waals surface area contributed by atoms with Gasteiger partial charge in [0.25, 0.3) is 0 Å². The van der Waals surface area contributed by atoms with Gasteiger partial charge in [0.15, 0.2) is 0 Å². The van der Waals surface area contributed by atoms with Gasteiger partial charge in [-0.15, -0.1) is 11.8 Å². The van der Waals surface area contributed by atoms with Crippen LogP contribution in [-0.2, 0) is 0 Å². The molecule has 0 rings (SSSR count). The summed E-state index contributed by atoms with van der Waals surface area (Å²) in [5.41, 5.74) is 0. The molecule has 100 valence electrons. The maximum absolute atomic E-state index is 3.26. The molecule has 0 saturated carbocycles. The maximum atomic E-state index is 3.26. The predicted molar refractivity (Wildman–Crippen MR) is 79.1 cm³/mol. The summed E-state index contributed by atoms with van der Waals surface area (Å²) >= 11 is 0. The van der Waals surface area contributed by atoms with E-state index >= 15 is 0 Å². The molecule has 0 aromatic carbocycles. The number of hydrogen-bond acceptors (Lipinski definition) is 0. The molecule has 0 aromatic rings. The Kier molecular flexibility index (Phi) is 13.3. The molecule has 0 nitrogen and oxygen atoms in total. The van der Waals surface area contributed by atoms with Gasteiger partial charge in [-0.1, -0.05) is 78.6 Å². The second-order valence-electron chi connectivity index (χ2n) is 5.41. The van der Waals surface area contributed by atoms with Crippen molar-refractivity contribution in [1.82, 2.24) is 0 Å². The van der Waals surface area contributed by atoms with Gasteiger partial charge in [0, 0.05) is 12.3 Å². The Morgan fingerprint density at radius 1 is 0.706 bits per heavy atom. The zero-order chi connectivity index (χ0) is 12.8. The van der Waals surface area contributed by atoms with Gasteiger partial charge in [0.1, 0.15) is 0 Å². The molecule has 0 unspecified atom stereocenters. The van der Waals surface area contributed by atoms with Crippen molar-refractivity contribution in [3.63, 3.8) is 0 Å². The highest BCUT2D eigenvalue weighted by atomic mass is 14.0. The zero-order valence-electron chi connectivity index (χ0n) is 12.4. The Morgan fingerprint density at radius 2 is 1.18 bits per heavy atom. The molecule has 0 aliphatic carbocycles. The lowest BCUT2D eigenvalue weighted by atomic mass is 10.1. The monoisotopic (exact) mass is 236 g/mol. The number of rotatable bonds is 10. The molecule has 17 heavy (non-hydrogen) atoms. The van der Waals surface area contributed by atoms with Crippen molar-refractivity contribution in [1.29, 1.82) is 0 Å². The quantitative estimate of drug-likeness (QED) is 0.324. The molecule has 0 fully saturated rings. The van der Waals surface area contributed by atoms with E-state index < -0.39 is 0 Å². The number of hydrogen-bond donors (Lipinski definition) is 0. The van der Waals surface area contributed by atoms with Gasteiger partial charge in [-0.05, 0) is 6.42 Å². The molecule has 0 heterocycles. The third kappa shape index (κ3) is 15.6. The van der Waals surface area contributed by atoms with Crippen molar-refractivity contribution in [2.75, 3.05) is 0 Å². The molecule has 0 radical (unpaired) electrons. The summed E-state index contributed by atoms with van der Waals surface area (Å²) in [5.74, 6) is 7.03. The first-order valence-corrected chi connectivity index (χ1v) is 7.75. The predicted octanol–water partition coefficient (Wildman–Crippen LogP) is 5.96. The standard InChI is InChI=1S/C17H32/c1-4-5-6-7-8-9-10-11-12-13-14-15-16-17(2)3/h17H,4-14H2,1-3H3. The second-order valence-corrected chi connectivity index (χ2v) is 5.41. The fraction of sp³-hybridized carbons (Fsp3) is 0.882. The summed E-state index contributed by atoms with van der Waals surface area (Å²) in [7, 11) is 0. The molecule has 0 heteroatoms. The van der Waals surface area contributed by atoms with Gasteiger partial charge in [0.2, 0.25) is 0 Å². The third-order valence-corrected chi connectivity index (χ3v) is 3.05. The van der Waals surface area contributed by atoms with Crippen LogP contribution in [0, 0.1) is 17.8 Å². The van der Waals surface area contributed by atoms with Gasteiger partial charge in [-0.2, -0.15) is 0 Å². The Bertz CT molecular complexity index is 192. The van der Waals surface area contributed by atoms with E-state index in [9.17, 15) is 0 Å². The Balaban J connectivity index is 3.02. The van der Waals surface area contributed by atoms with Crippen LogP contribution in [0.15, 0.2) is 0 Å². The average Bonchev–Trinajstić information content (AvgIpc) is 2.30. The molecule has 0 bridgehead atoms. The summed E-state index contributed by atoms with van der Waals surface area (Å²) in [6.45, 7) is 6.60. The molecule has 0 aromatic heterocycles. The van der Waals surface area contributed by atoms with Crippen LogP contribution in [0.2, 0.25) is 0 Å². The van der Waals surface area contributed by atoms with Crippen molar-refractivity contribution >= 4 is 0 Å². The van der Waals surface area contributed by atoms with Crippen LogP contribution in [0.4, 0.5) is 0 Å². The SMILES string of the molecule is CCCCCCCCCCCCC#CC(C)C. The lowest BCUT2D eigenvalue weighted by Crippen LogP contribution is -1.82. The Morgan fingerprint density at radius 3 is 1.65 bits per heavy atom. The van der Waals surface area contributed by atoms with Crippen LogP contribution in [0.25, 0.3) is 0 Å². The topological polar surface area (TPSA) is 0 Å². The minimum atomic E-state index is 0.540. The van der Waals surface area contributed by atoms with Crippen LogP contribution in [0.1, 0.15) is 91.4 Å². The summed E-state index contributed by atoms with van der Waals surface area (Å²) in [4.78, 5) is 0. The van der Waals surface area contributed by atoms with E-state index in [2.05, 4.69) is 32.6 Å². The van der Waals surface area contributed by atoms with E-state index in [1.54, 1.807) is 0 Å². The van der Waals surface area contributed by atoms with E-state index in [0.29, 0.717) is 5.92 Å². The summed E-state index contributed by atoms with van der Waals surface area (Å²) in [5, 5.41) is 0. The van der Waals surface area contributed by atoms with E-state index in [1.165, 1.54) is 64.2 Å². The Hall–Kier alpha value is -0.440. The molecule has 0 atom stereocenters. The van der Waals surface area contributed by atoms with Crippen molar-refractivity contribution in [2.24, 2.45) is 5.92 Å². The van der Waals surface area contributed by atoms with Gasteiger partial charge in [0.05, 0.1) is 0 Å². The first-order valence-electron chi connectivity index (χ1n) is 7.75. The first kappa shape index (κ1) is 16.6. The lowest BCUT2D eigenvalue weighted by Gasteiger charge is -2.00. The van der Waals surface area contributed by atoms with Gasteiger partial charge >= 0.3 is 0 Å². The smallest absolute Gasteiger partial charge is 0.0146 e. The molecule has 0 spiro atoms. The Labute approximate surface area is 110 Å². The normalized spacial score (nSPS) is 10.4. The average molecular weight is 236 g/mol. The van der Waals surface area contributed by atoms with E-state index in [4.69, 9.17) is 0 Å². The fourth-order valence-corrected chi connectivity index (χ4v) is 1.98. The zero-order valence-corrected chi connectivity index (χ0v) is 12.4. The highest BCUT2D eigenvalue weighted by Gasteiger charge is 1.91. The molecule has 0 saturated heterocycles. The van der Waals surface area contributed by atoms with Crippen LogP contribution in [-0.4, -0.2) is 0 Å². The minimum absolute atomic E-state index is 0.540. The summed E-state index contributed by atoms with van der Waals surface area (Å²) in [6.07, 6.45) is 15.2. The third-order valence-electron chi connectivity index (χ3n) is 3.05. The molecular formula is C17H32. The van der Waals surface area contributed by atoms with Crippen molar-refractivity contribution in [3.05, 3.63) is 0 Å². The first-order chi connectivity index (χ1) is 8.27. The minimum Gasteiger partial charge on any atom is -0.103 e. The largest absolute Gasteiger partial charge is 0.103 e.